The van der Waals surface area contributed by atoms with Crippen LogP contribution in [0, 0.1) is 0 Å². The highest BCUT2D eigenvalue weighted by molar-refractivity contribution is 6.30. The van der Waals surface area contributed by atoms with Crippen LogP contribution in [0.25, 0.3) is 17.2 Å². The Kier molecular flexibility index (Phi) is 3.23. The molecule has 3 heterocycles. The molecule has 0 fully saturated rings. The largest absolute Gasteiger partial charge is 0.461 e. The van der Waals surface area contributed by atoms with Crippen molar-refractivity contribution in [1.29, 1.82) is 0 Å². The van der Waals surface area contributed by atoms with E-state index in [0.717, 1.165) is 23.5 Å². The topological polar surface area (TPSA) is 49.1 Å². The molecule has 1 aliphatic rings. The van der Waals surface area contributed by atoms with Crippen molar-refractivity contribution in [3.8, 4) is 17.2 Å². The molecule has 1 aliphatic heterocycles. The quantitative estimate of drug-likeness (QED) is 0.529. The van der Waals surface area contributed by atoms with Crippen LogP contribution in [0.2, 0.25) is 5.02 Å². The van der Waals surface area contributed by atoms with Gasteiger partial charge in [0.25, 0.3) is 0 Å². The van der Waals surface area contributed by atoms with E-state index in [1.54, 1.807) is 13.1 Å². The van der Waals surface area contributed by atoms with Crippen LogP contribution in [0.4, 0.5) is 0 Å². The first-order valence-electron chi connectivity index (χ1n) is 7.38. The SMILES string of the molecule is CCOC(=O)c1cn2c(n1)-c1cccn1Cc1ccc(Cl)cc1-2. The minimum atomic E-state index is -0.422. The van der Waals surface area contributed by atoms with Gasteiger partial charge in [0.2, 0.25) is 0 Å². The van der Waals surface area contributed by atoms with E-state index in [0.29, 0.717) is 23.1 Å². The summed E-state index contributed by atoms with van der Waals surface area (Å²) in [5.74, 6) is 0.286. The fraction of sp³-hybridized carbons (Fsp3) is 0.176. The second-order valence-electron chi connectivity index (χ2n) is 5.33. The number of fused-ring (bicyclic) bond motifs is 5. The van der Waals surface area contributed by atoms with Crippen LogP contribution in [0.5, 0.6) is 0 Å². The van der Waals surface area contributed by atoms with Gasteiger partial charge in [-0.3, -0.25) is 4.57 Å². The molecule has 116 valence electrons. The molecule has 2 aromatic heterocycles. The third-order valence-corrected chi connectivity index (χ3v) is 4.13. The Morgan fingerprint density at radius 1 is 1.39 bits per heavy atom. The van der Waals surface area contributed by atoms with Gasteiger partial charge in [0.15, 0.2) is 11.5 Å². The van der Waals surface area contributed by atoms with E-state index in [1.807, 2.05) is 41.1 Å². The van der Waals surface area contributed by atoms with Crippen molar-refractivity contribution in [3.05, 3.63) is 59.0 Å². The third-order valence-electron chi connectivity index (χ3n) is 3.90. The zero-order chi connectivity index (χ0) is 16.0. The summed E-state index contributed by atoms with van der Waals surface area (Å²) in [6, 6.07) is 9.72. The van der Waals surface area contributed by atoms with Crippen LogP contribution in [0.3, 0.4) is 0 Å². The normalized spacial score (nSPS) is 12.1. The van der Waals surface area contributed by atoms with Crippen LogP contribution in [-0.2, 0) is 11.3 Å². The molecular weight excluding hydrogens is 314 g/mol. The molecule has 0 unspecified atom stereocenters. The lowest BCUT2D eigenvalue weighted by atomic mass is 10.1. The maximum absolute atomic E-state index is 12.0. The standard InChI is InChI=1S/C17H14ClN3O2/c1-2-23-17(22)13-10-21-15-8-12(18)6-5-11(15)9-20-7-3-4-14(20)16(21)19-13/h3-8,10H,2,9H2,1H3. The molecule has 0 N–H and O–H groups in total. The number of hydrogen-bond acceptors (Lipinski definition) is 3. The van der Waals surface area contributed by atoms with E-state index in [4.69, 9.17) is 16.3 Å². The van der Waals surface area contributed by atoms with Crippen molar-refractivity contribution in [2.45, 2.75) is 13.5 Å². The zero-order valence-corrected chi connectivity index (χ0v) is 13.2. The first-order chi connectivity index (χ1) is 11.2. The molecule has 4 rings (SSSR count). The fourth-order valence-corrected chi connectivity index (χ4v) is 3.05. The highest BCUT2D eigenvalue weighted by atomic mass is 35.5. The predicted octanol–water partition coefficient (Wildman–Crippen LogP) is 3.53. The van der Waals surface area contributed by atoms with Crippen LogP contribution in [0.15, 0.2) is 42.7 Å². The average Bonchev–Trinajstić information content (AvgIpc) is 3.14. The molecule has 23 heavy (non-hydrogen) atoms. The first kappa shape index (κ1) is 14.1. The molecule has 0 bridgehead atoms. The Morgan fingerprint density at radius 3 is 3.09 bits per heavy atom. The summed E-state index contributed by atoms with van der Waals surface area (Å²) in [6.07, 6.45) is 3.72. The molecule has 0 radical (unpaired) electrons. The van der Waals surface area contributed by atoms with Gasteiger partial charge in [0.05, 0.1) is 18.0 Å². The number of hydrogen-bond donors (Lipinski definition) is 0. The summed E-state index contributed by atoms with van der Waals surface area (Å²) in [5, 5.41) is 0.646. The first-order valence-corrected chi connectivity index (χ1v) is 7.76. The highest BCUT2D eigenvalue weighted by Gasteiger charge is 2.23. The maximum atomic E-state index is 12.0. The van der Waals surface area contributed by atoms with Gasteiger partial charge in [0.1, 0.15) is 0 Å². The second-order valence-corrected chi connectivity index (χ2v) is 5.77. The number of carbonyl (C=O) groups excluding carboxylic acids is 1. The summed E-state index contributed by atoms with van der Waals surface area (Å²) < 4.78 is 9.08. The Hall–Kier alpha value is -2.53. The molecule has 0 atom stereocenters. The molecule has 6 heteroatoms. The second kappa shape index (κ2) is 5.28. The molecule has 0 aliphatic carbocycles. The van der Waals surface area contributed by atoms with Crippen molar-refractivity contribution in [3.63, 3.8) is 0 Å². The van der Waals surface area contributed by atoms with E-state index in [-0.39, 0.29) is 0 Å². The van der Waals surface area contributed by atoms with Gasteiger partial charge in [-0.1, -0.05) is 17.7 Å². The summed E-state index contributed by atoms with van der Waals surface area (Å²) in [6.45, 7) is 2.83. The monoisotopic (exact) mass is 327 g/mol. The van der Waals surface area contributed by atoms with Crippen molar-refractivity contribution in [2.75, 3.05) is 6.61 Å². The average molecular weight is 328 g/mol. The van der Waals surface area contributed by atoms with Gasteiger partial charge in [-0.25, -0.2) is 9.78 Å². The number of halogens is 1. The summed E-state index contributed by atoms with van der Waals surface area (Å²) >= 11 is 6.17. The van der Waals surface area contributed by atoms with Crippen molar-refractivity contribution in [2.24, 2.45) is 0 Å². The smallest absolute Gasteiger partial charge is 0.358 e. The number of nitrogens with zero attached hydrogens (tertiary/aromatic N) is 3. The number of rotatable bonds is 2. The van der Waals surface area contributed by atoms with Crippen LogP contribution in [-0.4, -0.2) is 26.7 Å². The van der Waals surface area contributed by atoms with Crippen molar-refractivity contribution >= 4 is 17.6 Å². The lowest BCUT2D eigenvalue weighted by molar-refractivity contribution is 0.0520. The van der Waals surface area contributed by atoms with Gasteiger partial charge in [-0.15, -0.1) is 0 Å². The molecule has 0 saturated carbocycles. The summed E-state index contributed by atoms with van der Waals surface area (Å²) in [7, 11) is 0. The van der Waals surface area contributed by atoms with E-state index in [9.17, 15) is 4.79 Å². The lowest BCUT2D eigenvalue weighted by Crippen LogP contribution is -2.05. The molecule has 0 spiro atoms. The molecule has 5 nitrogen and oxygen atoms in total. The fourth-order valence-electron chi connectivity index (χ4n) is 2.88. The van der Waals surface area contributed by atoms with Gasteiger partial charge < -0.3 is 9.30 Å². The van der Waals surface area contributed by atoms with Crippen molar-refractivity contribution < 1.29 is 9.53 Å². The molecular formula is C17H14ClN3O2. The number of imidazole rings is 1. The Labute approximate surface area is 138 Å². The Morgan fingerprint density at radius 2 is 2.26 bits per heavy atom. The van der Waals surface area contributed by atoms with E-state index in [2.05, 4.69) is 9.55 Å². The van der Waals surface area contributed by atoms with Gasteiger partial charge in [-0.05, 0) is 36.8 Å². The lowest BCUT2D eigenvalue weighted by Gasteiger charge is -2.09. The number of ether oxygens (including phenoxy) is 1. The van der Waals surface area contributed by atoms with E-state index < -0.39 is 5.97 Å². The number of esters is 1. The molecule has 0 saturated heterocycles. The molecule has 3 aromatic rings. The number of benzene rings is 1. The third kappa shape index (κ3) is 2.24. The number of carbonyl (C=O) groups is 1. The van der Waals surface area contributed by atoms with Crippen LogP contribution >= 0.6 is 11.6 Å². The van der Waals surface area contributed by atoms with Crippen LogP contribution in [0.1, 0.15) is 23.0 Å². The molecule has 1 aromatic carbocycles. The highest BCUT2D eigenvalue weighted by Crippen LogP contribution is 2.32. The van der Waals surface area contributed by atoms with Crippen molar-refractivity contribution in [1.82, 2.24) is 14.1 Å². The predicted molar refractivity (Wildman–Crippen MR) is 87.1 cm³/mol. The Balaban J connectivity index is 1.97. The summed E-state index contributed by atoms with van der Waals surface area (Å²) in [5.41, 5.74) is 3.29. The van der Waals surface area contributed by atoms with Crippen LogP contribution < -0.4 is 0 Å². The minimum absolute atomic E-state index is 0.294. The maximum Gasteiger partial charge on any atom is 0.358 e. The van der Waals surface area contributed by atoms with Gasteiger partial charge in [0, 0.05) is 24.0 Å². The molecule has 0 amide bonds. The van der Waals surface area contributed by atoms with Gasteiger partial charge in [-0.2, -0.15) is 0 Å². The van der Waals surface area contributed by atoms with E-state index in [1.165, 1.54) is 0 Å². The number of aromatic nitrogens is 3. The zero-order valence-electron chi connectivity index (χ0n) is 12.5. The van der Waals surface area contributed by atoms with Gasteiger partial charge >= 0.3 is 5.97 Å². The summed E-state index contributed by atoms with van der Waals surface area (Å²) in [4.78, 5) is 16.5. The van der Waals surface area contributed by atoms with E-state index >= 15 is 0 Å². The minimum Gasteiger partial charge on any atom is -0.461 e. The Bertz CT molecular complexity index is 910.